The molecule has 0 aliphatic heterocycles. The number of rotatable bonds is 2. The first kappa shape index (κ1) is 13.8. The number of aromatic nitrogens is 1. The highest BCUT2D eigenvalue weighted by atomic mass is 19.1. The van der Waals surface area contributed by atoms with Crippen LogP contribution in [0.1, 0.15) is 21.7 Å². The largest absolute Gasteiger partial charge is 0.384 e. The summed E-state index contributed by atoms with van der Waals surface area (Å²) >= 11 is 0. The van der Waals surface area contributed by atoms with Crippen LogP contribution in [-0.2, 0) is 0 Å². The van der Waals surface area contributed by atoms with Gasteiger partial charge in [0.1, 0.15) is 18.2 Å². The number of anilines is 1. The minimum atomic E-state index is -0.701. The second-order valence-corrected chi connectivity index (χ2v) is 3.93. The first-order valence-electron chi connectivity index (χ1n) is 5.74. The molecule has 0 aliphatic carbocycles. The van der Waals surface area contributed by atoms with Gasteiger partial charge < -0.3 is 14.9 Å². The first-order chi connectivity index (χ1) is 9.60. The number of aliphatic hydroxyl groups is 1. The van der Waals surface area contributed by atoms with E-state index in [9.17, 15) is 9.18 Å². The van der Waals surface area contributed by atoms with E-state index in [1.807, 2.05) is 0 Å². The fourth-order valence-electron chi connectivity index (χ4n) is 1.53. The Morgan fingerprint density at radius 1 is 1.50 bits per heavy atom. The summed E-state index contributed by atoms with van der Waals surface area (Å²) in [6.07, 6.45) is 0. The van der Waals surface area contributed by atoms with Crippen LogP contribution < -0.4 is 5.32 Å². The van der Waals surface area contributed by atoms with Crippen molar-refractivity contribution in [3.8, 4) is 11.8 Å². The lowest BCUT2D eigenvalue weighted by Crippen LogP contribution is -2.14. The van der Waals surface area contributed by atoms with E-state index in [4.69, 9.17) is 9.63 Å². The van der Waals surface area contributed by atoms with Gasteiger partial charge >= 0.3 is 0 Å². The number of aryl methyl sites for hydroxylation is 1. The highest BCUT2D eigenvalue weighted by Gasteiger charge is 2.13. The van der Waals surface area contributed by atoms with Gasteiger partial charge in [-0.2, -0.15) is 0 Å². The van der Waals surface area contributed by atoms with E-state index < -0.39 is 11.7 Å². The van der Waals surface area contributed by atoms with Crippen LogP contribution in [0.5, 0.6) is 0 Å². The summed E-state index contributed by atoms with van der Waals surface area (Å²) in [4.78, 5) is 11.9. The molecular weight excluding hydrogens is 263 g/mol. The predicted octanol–water partition coefficient (Wildman–Crippen LogP) is 1.72. The second kappa shape index (κ2) is 5.99. The van der Waals surface area contributed by atoms with Crippen LogP contribution in [0.4, 0.5) is 10.2 Å². The Morgan fingerprint density at radius 3 is 2.90 bits per heavy atom. The van der Waals surface area contributed by atoms with E-state index in [1.165, 1.54) is 18.2 Å². The summed E-state index contributed by atoms with van der Waals surface area (Å²) in [7, 11) is 0. The molecule has 6 heteroatoms. The number of hydrogen-bond donors (Lipinski definition) is 2. The van der Waals surface area contributed by atoms with Crippen molar-refractivity contribution in [2.75, 3.05) is 11.9 Å². The quantitative estimate of drug-likeness (QED) is 0.818. The first-order valence-corrected chi connectivity index (χ1v) is 5.74. The topological polar surface area (TPSA) is 75.4 Å². The molecule has 0 atom stereocenters. The van der Waals surface area contributed by atoms with E-state index in [0.29, 0.717) is 11.3 Å². The normalized spacial score (nSPS) is 9.75. The van der Waals surface area contributed by atoms with E-state index >= 15 is 0 Å². The fraction of sp³-hybridized carbons (Fsp3) is 0.143. The van der Waals surface area contributed by atoms with E-state index in [1.54, 1.807) is 6.92 Å². The van der Waals surface area contributed by atoms with Gasteiger partial charge in [-0.05, 0) is 25.1 Å². The van der Waals surface area contributed by atoms with Crippen LogP contribution in [0.25, 0.3) is 0 Å². The summed E-state index contributed by atoms with van der Waals surface area (Å²) in [5, 5.41) is 14.6. The van der Waals surface area contributed by atoms with Crippen LogP contribution in [0, 0.1) is 24.6 Å². The van der Waals surface area contributed by atoms with Crippen molar-refractivity contribution in [2.45, 2.75) is 6.92 Å². The smallest absolute Gasteiger partial charge is 0.259 e. The minimum absolute atomic E-state index is 0.125. The lowest BCUT2D eigenvalue weighted by Gasteiger charge is -2.03. The lowest BCUT2D eigenvalue weighted by molar-refractivity contribution is 0.102. The average Bonchev–Trinajstić information content (AvgIpc) is 2.81. The molecule has 102 valence electrons. The molecule has 2 N–H and O–H groups in total. The second-order valence-electron chi connectivity index (χ2n) is 3.93. The van der Waals surface area contributed by atoms with Gasteiger partial charge in [-0.1, -0.05) is 17.0 Å². The molecule has 5 nitrogen and oxygen atoms in total. The molecule has 0 saturated heterocycles. The molecule has 0 aliphatic rings. The number of nitrogens with zero attached hydrogens (tertiary/aromatic N) is 1. The maximum atomic E-state index is 13.8. The third-order valence-corrected chi connectivity index (χ3v) is 2.40. The van der Waals surface area contributed by atoms with Gasteiger partial charge in [0.25, 0.3) is 5.91 Å². The number of aliphatic hydroxyl groups excluding tert-OH is 1. The van der Waals surface area contributed by atoms with E-state index in [2.05, 4.69) is 22.3 Å². The summed E-state index contributed by atoms with van der Waals surface area (Å²) in [6, 6.07) is 5.47. The summed E-state index contributed by atoms with van der Waals surface area (Å²) in [5.74, 6) is 4.38. The molecule has 1 aromatic carbocycles. The number of carbonyl (C=O) groups is 1. The Kier molecular flexibility index (Phi) is 4.13. The van der Waals surface area contributed by atoms with Crippen LogP contribution in [-0.4, -0.2) is 22.8 Å². The van der Waals surface area contributed by atoms with Crippen molar-refractivity contribution in [3.63, 3.8) is 0 Å². The molecule has 20 heavy (non-hydrogen) atoms. The highest BCUT2D eigenvalue weighted by molar-refractivity contribution is 6.04. The van der Waals surface area contributed by atoms with Gasteiger partial charge in [0.15, 0.2) is 5.82 Å². The average molecular weight is 274 g/mol. The Balaban J connectivity index is 2.18. The number of nitrogens with one attached hydrogen (secondary N) is 1. The van der Waals surface area contributed by atoms with Crippen molar-refractivity contribution < 1.29 is 18.8 Å². The molecule has 0 saturated carbocycles. The van der Waals surface area contributed by atoms with Crippen LogP contribution >= 0.6 is 0 Å². The van der Waals surface area contributed by atoms with Crippen LogP contribution in [0.15, 0.2) is 28.8 Å². The van der Waals surface area contributed by atoms with Crippen LogP contribution in [0.2, 0.25) is 0 Å². The zero-order chi connectivity index (χ0) is 14.5. The lowest BCUT2D eigenvalue weighted by atomic mass is 10.1. The standard InChI is InChI=1S/C14H11FN2O3/c1-9-7-13(17-20-9)16-14(19)11-5-4-10(3-2-6-18)8-12(11)15/h4-5,7-8,18H,6H2,1H3,(H,16,17,19). The van der Waals surface area contributed by atoms with E-state index in [0.717, 1.165) is 6.07 Å². The molecule has 0 spiro atoms. The zero-order valence-electron chi connectivity index (χ0n) is 10.6. The third-order valence-electron chi connectivity index (χ3n) is 2.40. The van der Waals surface area contributed by atoms with Gasteiger partial charge in [0, 0.05) is 11.6 Å². The molecular formula is C14H11FN2O3. The van der Waals surface area contributed by atoms with Crippen LogP contribution in [0.3, 0.4) is 0 Å². The van der Waals surface area contributed by atoms with Crippen molar-refractivity contribution in [1.82, 2.24) is 5.16 Å². The fourth-order valence-corrected chi connectivity index (χ4v) is 1.53. The molecule has 2 rings (SSSR count). The Morgan fingerprint density at radius 2 is 2.30 bits per heavy atom. The van der Waals surface area contributed by atoms with Gasteiger partial charge in [-0.25, -0.2) is 4.39 Å². The highest BCUT2D eigenvalue weighted by Crippen LogP contribution is 2.13. The Labute approximate surface area is 114 Å². The van der Waals surface area contributed by atoms with Gasteiger partial charge in [0.2, 0.25) is 0 Å². The Bertz CT molecular complexity index is 698. The van der Waals surface area contributed by atoms with E-state index in [-0.39, 0.29) is 18.0 Å². The SMILES string of the molecule is Cc1cc(NC(=O)c2ccc(C#CCO)cc2F)no1. The van der Waals surface area contributed by atoms with Gasteiger partial charge in [0.05, 0.1) is 5.56 Å². The Hall–Kier alpha value is -2.65. The van der Waals surface area contributed by atoms with Crippen molar-refractivity contribution in [1.29, 1.82) is 0 Å². The summed E-state index contributed by atoms with van der Waals surface area (Å²) in [6.45, 7) is 1.37. The third kappa shape index (κ3) is 3.22. The monoisotopic (exact) mass is 274 g/mol. The number of benzene rings is 1. The molecule has 1 aromatic heterocycles. The molecule has 0 radical (unpaired) electrons. The number of halogens is 1. The maximum absolute atomic E-state index is 13.8. The van der Waals surface area contributed by atoms with Gasteiger partial charge in [-0.3, -0.25) is 4.79 Å². The predicted molar refractivity (Wildman–Crippen MR) is 69.6 cm³/mol. The van der Waals surface area contributed by atoms with Crippen molar-refractivity contribution in [2.24, 2.45) is 0 Å². The number of amides is 1. The molecule has 1 heterocycles. The number of hydrogen-bond acceptors (Lipinski definition) is 4. The summed E-state index contributed by atoms with van der Waals surface area (Å²) in [5.41, 5.74) is 0.255. The molecule has 2 aromatic rings. The van der Waals surface area contributed by atoms with Crippen molar-refractivity contribution in [3.05, 3.63) is 47.0 Å². The summed E-state index contributed by atoms with van der Waals surface area (Å²) < 4.78 is 18.6. The minimum Gasteiger partial charge on any atom is -0.384 e. The zero-order valence-corrected chi connectivity index (χ0v) is 10.6. The molecule has 0 fully saturated rings. The maximum Gasteiger partial charge on any atom is 0.259 e. The van der Waals surface area contributed by atoms with Crippen molar-refractivity contribution >= 4 is 11.7 Å². The molecule has 0 bridgehead atoms. The molecule has 0 unspecified atom stereocenters. The van der Waals surface area contributed by atoms with Gasteiger partial charge in [-0.15, -0.1) is 0 Å². The number of carbonyl (C=O) groups excluding carboxylic acids is 1. The molecule has 1 amide bonds.